The quantitative estimate of drug-likeness (QED) is 0.741. The Balaban J connectivity index is 0.000000209. The number of nitrogens with one attached hydrogen (secondary N) is 3. The molecule has 0 aliphatic carbocycles. The summed E-state index contributed by atoms with van der Waals surface area (Å²) >= 11 is 0. The number of amides is 1. The van der Waals surface area contributed by atoms with Crippen molar-refractivity contribution in [3.05, 3.63) is 24.3 Å². The highest BCUT2D eigenvalue weighted by molar-refractivity contribution is 5.77. The van der Waals surface area contributed by atoms with Gasteiger partial charge in [-0.05, 0) is 19.1 Å². The number of carbonyl (C=O) groups is 1. The molecule has 17 heavy (non-hydrogen) atoms. The van der Waals surface area contributed by atoms with Gasteiger partial charge in [-0.3, -0.25) is 4.79 Å². The summed E-state index contributed by atoms with van der Waals surface area (Å²) in [5.41, 5.74) is 2.06. The molecule has 0 saturated carbocycles. The fourth-order valence-corrected chi connectivity index (χ4v) is 1.32. The van der Waals surface area contributed by atoms with Crippen LogP contribution in [0.2, 0.25) is 0 Å². The first kappa shape index (κ1) is 13.0. The van der Waals surface area contributed by atoms with Crippen LogP contribution < -0.4 is 10.6 Å². The monoisotopic (exact) mass is 234 g/mol. The molecule has 0 bridgehead atoms. The third kappa shape index (κ3) is 4.14. The molecule has 1 heterocycles. The smallest absolute Gasteiger partial charge is 0.216 e. The van der Waals surface area contributed by atoms with Crippen LogP contribution in [0.3, 0.4) is 0 Å². The van der Waals surface area contributed by atoms with E-state index in [4.69, 9.17) is 0 Å². The Morgan fingerprint density at radius 3 is 2.59 bits per heavy atom. The summed E-state index contributed by atoms with van der Waals surface area (Å²) in [6.45, 7) is 4.13. The summed E-state index contributed by atoms with van der Waals surface area (Å²) in [6.07, 6.45) is 0. The zero-order valence-corrected chi connectivity index (χ0v) is 10.4. The summed E-state index contributed by atoms with van der Waals surface area (Å²) in [7, 11) is 1.84. The number of benzene rings is 1. The Kier molecular flexibility index (Phi) is 5.00. The average Bonchev–Trinajstić information content (AvgIpc) is 2.72. The molecule has 2 aromatic rings. The molecule has 0 radical (unpaired) electrons. The number of hydrogen-bond acceptors (Lipinski definition) is 3. The van der Waals surface area contributed by atoms with E-state index >= 15 is 0 Å². The molecular weight excluding hydrogens is 216 g/mol. The number of aromatic nitrogens is 2. The molecule has 0 aliphatic rings. The molecule has 1 aromatic heterocycles. The molecule has 5 nitrogen and oxygen atoms in total. The van der Waals surface area contributed by atoms with Gasteiger partial charge in [0.2, 0.25) is 11.9 Å². The molecular formula is C12H18N4O. The van der Waals surface area contributed by atoms with Crippen LogP contribution in [-0.4, -0.2) is 29.5 Å². The minimum absolute atomic E-state index is 0.0394. The van der Waals surface area contributed by atoms with E-state index in [9.17, 15) is 4.79 Å². The van der Waals surface area contributed by atoms with Gasteiger partial charge in [-0.2, -0.15) is 0 Å². The van der Waals surface area contributed by atoms with E-state index in [1.54, 1.807) is 0 Å². The maximum absolute atomic E-state index is 9.93. The Labute approximate surface area is 101 Å². The minimum Gasteiger partial charge on any atom is -0.359 e. The van der Waals surface area contributed by atoms with Crippen molar-refractivity contribution in [1.82, 2.24) is 15.3 Å². The maximum Gasteiger partial charge on any atom is 0.216 e. The van der Waals surface area contributed by atoms with E-state index in [0.29, 0.717) is 0 Å². The van der Waals surface area contributed by atoms with Crippen LogP contribution in [0, 0.1) is 0 Å². The molecule has 0 saturated heterocycles. The van der Waals surface area contributed by atoms with E-state index in [0.717, 1.165) is 23.5 Å². The van der Waals surface area contributed by atoms with Crippen LogP contribution in [-0.2, 0) is 4.79 Å². The summed E-state index contributed by atoms with van der Waals surface area (Å²) in [4.78, 5) is 17.3. The highest BCUT2D eigenvalue weighted by Crippen LogP contribution is 2.11. The standard InChI is InChI=1S/C8H9N3.C4H9NO/c1-9-8-10-6-4-2-3-5-7(6)11-8;1-3-5-4(2)6/h2-5H,1H3,(H2,9,10,11);3H2,1-2H3,(H,5,6). The summed E-state index contributed by atoms with van der Waals surface area (Å²) in [6, 6.07) is 7.94. The van der Waals surface area contributed by atoms with Crippen molar-refractivity contribution in [2.45, 2.75) is 13.8 Å². The topological polar surface area (TPSA) is 69.8 Å². The molecule has 0 unspecified atom stereocenters. The third-order valence-corrected chi connectivity index (χ3v) is 2.05. The molecule has 0 spiro atoms. The van der Waals surface area contributed by atoms with Gasteiger partial charge in [-0.15, -0.1) is 0 Å². The highest BCUT2D eigenvalue weighted by Gasteiger charge is 1.96. The first-order valence-corrected chi connectivity index (χ1v) is 5.54. The van der Waals surface area contributed by atoms with Crippen molar-refractivity contribution >= 4 is 22.9 Å². The van der Waals surface area contributed by atoms with Gasteiger partial charge in [0.25, 0.3) is 0 Å². The summed E-state index contributed by atoms with van der Waals surface area (Å²) in [5, 5.41) is 5.52. The lowest BCUT2D eigenvalue weighted by Crippen LogP contribution is -2.18. The average molecular weight is 234 g/mol. The number of H-pyrrole nitrogens is 1. The Bertz CT molecular complexity index is 445. The number of carbonyl (C=O) groups excluding carboxylic acids is 1. The van der Waals surface area contributed by atoms with Gasteiger partial charge in [-0.1, -0.05) is 12.1 Å². The SMILES string of the molecule is CCNC(C)=O.CNc1nc2ccccc2[nH]1. The first-order valence-electron chi connectivity index (χ1n) is 5.54. The third-order valence-electron chi connectivity index (χ3n) is 2.05. The maximum atomic E-state index is 9.93. The molecule has 5 heteroatoms. The Morgan fingerprint density at radius 2 is 2.12 bits per heavy atom. The van der Waals surface area contributed by atoms with Crippen molar-refractivity contribution in [2.24, 2.45) is 0 Å². The van der Waals surface area contributed by atoms with Gasteiger partial charge in [0.05, 0.1) is 11.0 Å². The van der Waals surface area contributed by atoms with E-state index in [-0.39, 0.29) is 5.91 Å². The van der Waals surface area contributed by atoms with E-state index in [2.05, 4.69) is 20.6 Å². The largest absolute Gasteiger partial charge is 0.359 e. The van der Waals surface area contributed by atoms with Gasteiger partial charge < -0.3 is 15.6 Å². The van der Waals surface area contributed by atoms with E-state index in [1.807, 2.05) is 38.2 Å². The molecule has 1 amide bonds. The molecule has 92 valence electrons. The molecule has 0 atom stereocenters. The number of anilines is 1. The van der Waals surface area contributed by atoms with Crippen LogP contribution in [0.15, 0.2) is 24.3 Å². The predicted octanol–water partition coefficient (Wildman–Crippen LogP) is 1.75. The van der Waals surface area contributed by atoms with E-state index < -0.39 is 0 Å². The number of imidazole rings is 1. The number of nitrogens with zero attached hydrogens (tertiary/aromatic N) is 1. The number of hydrogen-bond donors (Lipinski definition) is 3. The van der Waals surface area contributed by atoms with Crippen molar-refractivity contribution in [3.8, 4) is 0 Å². The molecule has 3 N–H and O–H groups in total. The Morgan fingerprint density at radius 1 is 1.41 bits per heavy atom. The number of aromatic amines is 1. The Hall–Kier alpha value is -2.04. The molecule has 2 rings (SSSR count). The molecule has 0 fully saturated rings. The zero-order chi connectivity index (χ0) is 12.7. The fraction of sp³-hybridized carbons (Fsp3) is 0.333. The van der Waals surface area contributed by atoms with E-state index in [1.165, 1.54) is 6.92 Å². The molecule has 0 aliphatic heterocycles. The van der Waals surface area contributed by atoms with Crippen molar-refractivity contribution in [3.63, 3.8) is 0 Å². The van der Waals surface area contributed by atoms with Gasteiger partial charge in [0, 0.05) is 20.5 Å². The van der Waals surface area contributed by atoms with Gasteiger partial charge >= 0.3 is 0 Å². The number of rotatable bonds is 2. The van der Waals surface area contributed by atoms with Gasteiger partial charge in [0.1, 0.15) is 0 Å². The fourth-order valence-electron chi connectivity index (χ4n) is 1.32. The van der Waals surface area contributed by atoms with Crippen molar-refractivity contribution < 1.29 is 4.79 Å². The van der Waals surface area contributed by atoms with Crippen molar-refractivity contribution in [1.29, 1.82) is 0 Å². The van der Waals surface area contributed by atoms with Crippen LogP contribution in [0.4, 0.5) is 5.95 Å². The van der Waals surface area contributed by atoms with Crippen LogP contribution in [0.1, 0.15) is 13.8 Å². The normalized spacial score (nSPS) is 9.35. The van der Waals surface area contributed by atoms with Crippen LogP contribution >= 0.6 is 0 Å². The summed E-state index contributed by atoms with van der Waals surface area (Å²) in [5.74, 6) is 0.851. The van der Waals surface area contributed by atoms with Gasteiger partial charge in [-0.25, -0.2) is 4.98 Å². The lowest BCUT2D eigenvalue weighted by molar-refractivity contribution is -0.118. The second-order valence-electron chi connectivity index (χ2n) is 3.44. The first-order chi connectivity index (χ1) is 8.17. The predicted molar refractivity (Wildman–Crippen MR) is 70.0 cm³/mol. The minimum atomic E-state index is 0.0394. The second kappa shape index (κ2) is 6.52. The van der Waals surface area contributed by atoms with Crippen LogP contribution in [0.5, 0.6) is 0 Å². The van der Waals surface area contributed by atoms with Gasteiger partial charge in [0.15, 0.2) is 0 Å². The molecule has 1 aromatic carbocycles. The zero-order valence-electron chi connectivity index (χ0n) is 10.4. The highest BCUT2D eigenvalue weighted by atomic mass is 16.1. The number of fused-ring (bicyclic) bond motifs is 1. The lowest BCUT2D eigenvalue weighted by Gasteiger charge is -1.88. The van der Waals surface area contributed by atoms with Crippen LogP contribution in [0.25, 0.3) is 11.0 Å². The lowest BCUT2D eigenvalue weighted by atomic mass is 10.3. The number of para-hydroxylation sites is 2. The second-order valence-corrected chi connectivity index (χ2v) is 3.44. The van der Waals surface area contributed by atoms with Crippen molar-refractivity contribution in [2.75, 3.05) is 18.9 Å². The summed E-state index contributed by atoms with van der Waals surface area (Å²) < 4.78 is 0.